The second-order valence-corrected chi connectivity index (χ2v) is 5.50. The molecule has 0 aliphatic heterocycles. The van der Waals surface area contributed by atoms with Gasteiger partial charge in [0, 0.05) is 34.1 Å². The maximum atomic E-state index is 13.3. The van der Waals surface area contributed by atoms with Gasteiger partial charge in [-0.15, -0.1) is 0 Å². The Labute approximate surface area is 131 Å². The number of hydrogen-bond donors (Lipinski definition) is 2. The lowest BCUT2D eigenvalue weighted by Crippen LogP contribution is -2.20. The summed E-state index contributed by atoms with van der Waals surface area (Å²) in [5.74, 6) is -2.16. The van der Waals surface area contributed by atoms with Crippen LogP contribution in [0.2, 0.25) is 10.0 Å². The number of benzene rings is 2. The van der Waals surface area contributed by atoms with Crippen molar-refractivity contribution in [3.63, 3.8) is 0 Å². The van der Waals surface area contributed by atoms with Gasteiger partial charge in [-0.2, -0.15) is 0 Å². The third-order valence-electron chi connectivity index (χ3n) is 3.22. The fraction of sp³-hybridized carbons (Fsp3) is 0.200. The van der Waals surface area contributed by atoms with Crippen molar-refractivity contribution in [1.29, 1.82) is 0 Å². The molecule has 3 N–H and O–H groups in total. The molecule has 2 aromatic carbocycles. The normalized spacial score (nSPS) is 14.0. The molecule has 0 radical (unpaired) electrons. The van der Waals surface area contributed by atoms with E-state index >= 15 is 0 Å². The van der Waals surface area contributed by atoms with Gasteiger partial charge in [-0.1, -0.05) is 23.2 Å². The predicted octanol–water partition coefficient (Wildman–Crippen LogP) is 4.05. The zero-order valence-corrected chi connectivity index (χ0v) is 12.4. The molecular formula is C15H13Cl2F2NO. The third-order valence-corrected chi connectivity index (χ3v) is 3.80. The van der Waals surface area contributed by atoms with Crippen molar-refractivity contribution >= 4 is 23.2 Å². The van der Waals surface area contributed by atoms with Crippen molar-refractivity contribution in [2.24, 2.45) is 5.73 Å². The Kier molecular flexibility index (Phi) is 5.17. The van der Waals surface area contributed by atoms with E-state index in [1.54, 1.807) is 12.1 Å². The Hall–Kier alpha value is -1.20. The van der Waals surface area contributed by atoms with Crippen LogP contribution in [-0.2, 0) is 0 Å². The highest BCUT2D eigenvalue weighted by Gasteiger charge is 2.24. The van der Waals surface area contributed by atoms with Gasteiger partial charge in [0.05, 0.1) is 6.10 Å². The van der Waals surface area contributed by atoms with Gasteiger partial charge < -0.3 is 10.8 Å². The first kappa shape index (κ1) is 16.2. The number of aliphatic hydroxyl groups is 1. The second kappa shape index (κ2) is 6.71. The van der Waals surface area contributed by atoms with Crippen LogP contribution in [0.25, 0.3) is 0 Å². The summed E-state index contributed by atoms with van der Waals surface area (Å²) in [5.41, 5.74) is 6.28. The fourth-order valence-corrected chi connectivity index (χ4v) is 2.60. The molecule has 0 saturated carbocycles. The average Bonchev–Trinajstić information content (AvgIpc) is 2.41. The van der Waals surface area contributed by atoms with E-state index in [0.29, 0.717) is 15.6 Å². The van der Waals surface area contributed by atoms with Gasteiger partial charge in [0.15, 0.2) is 0 Å². The van der Waals surface area contributed by atoms with Gasteiger partial charge in [-0.25, -0.2) is 8.78 Å². The highest BCUT2D eigenvalue weighted by Crippen LogP contribution is 2.35. The second-order valence-electron chi connectivity index (χ2n) is 4.66. The lowest BCUT2D eigenvalue weighted by Gasteiger charge is -2.23. The Morgan fingerprint density at radius 2 is 1.67 bits per heavy atom. The first-order valence-electron chi connectivity index (χ1n) is 6.21. The molecule has 0 saturated heterocycles. The zero-order chi connectivity index (χ0) is 15.6. The lowest BCUT2D eigenvalue weighted by atomic mass is 9.89. The monoisotopic (exact) mass is 331 g/mol. The van der Waals surface area contributed by atoms with Crippen LogP contribution < -0.4 is 5.73 Å². The number of aliphatic hydroxyl groups excluding tert-OH is 1. The summed E-state index contributed by atoms with van der Waals surface area (Å²) in [7, 11) is 0. The molecule has 0 amide bonds. The van der Waals surface area contributed by atoms with Crippen LogP contribution in [0, 0.1) is 11.6 Å². The first-order chi connectivity index (χ1) is 9.92. The van der Waals surface area contributed by atoms with Gasteiger partial charge in [-0.05, 0) is 35.9 Å². The van der Waals surface area contributed by atoms with E-state index in [9.17, 15) is 13.9 Å². The van der Waals surface area contributed by atoms with Crippen LogP contribution in [0.5, 0.6) is 0 Å². The molecule has 0 bridgehead atoms. The highest BCUT2D eigenvalue weighted by atomic mass is 35.5. The first-order valence-corrected chi connectivity index (χ1v) is 6.97. The summed E-state index contributed by atoms with van der Waals surface area (Å²) in [4.78, 5) is 0. The van der Waals surface area contributed by atoms with E-state index < -0.39 is 23.7 Å². The van der Waals surface area contributed by atoms with E-state index in [-0.39, 0.29) is 12.1 Å². The van der Waals surface area contributed by atoms with Crippen molar-refractivity contribution in [1.82, 2.24) is 0 Å². The maximum Gasteiger partial charge on any atom is 0.126 e. The number of nitrogens with two attached hydrogens (primary N) is 1. The van der Waals surface area contributed by atoms with E-state index in [2.05, 4.69) is 0 Å². The largest absolute Gasteiger partial charge is 0.388 e. The third kappa shape index (κ3) is 3.71. The molecule has 2 nitrogen and oxygen atoms in total. The fourth-order valence-electron chi connectivity index (χ4n) is 2.19. The summed E-state index contributed by atoms with van der Waals surface area (Å²) in [6.45, 7) is -0.00704. The molecule has 0 fully saturated rings. The maximum absolute atomic E-state index is 13.3. The lowest BCUT2D eigenvalue weighted by molar-refractivity contribution is 0.147. The zero-order valence-electron chi connectivity index (χ0n) is 10.9. The molecule has 2 aromatic rings. The van der Waals surface area contributed by atoms with Gasteiger partial charge in [0.2, 0.25) is 0 Å². The Bertz CT molecular complexity index is 631. The summed E-state index contributed by atoms with van der Waals surface area (Å²) >= 11 is 11.9. The van der Waals surface area contributed by atoms with E-state index in [1.165, 1.54) is 6.07 Å². The number of hydrogen-bond acceptors (Lipinski definition) is 2. The van der Waals surface area contributed by atoms with Gasteiger partial charge in [0.1, 0.15) is 11.6 Å². The van der Waals surface area contributed by atoms with Gasteiger partial charge >= 0.3 is 0 Å². The molecule has 0 aliphatic rings. The van der Waals surface area contributed by atoms with Gasteiger partial charge in [-0.3, -0.25) is 0 Å². The van der Waals surface area contributed by atoms with Crippen LogP contribution >= 0.6 is 23.2 Å². The van der Waals surface area contributed by atoms with Crippen LogP contribution in [0.3, 0.4) is 0 Å². The van der Waals surface area contributed by atoms with Crippen LogP contribution in [0.1, 0.15) is 23.1 Å². The van der Waals surface area contributed by atoms with Crippen molar-refractivity contribution in [2.75, 3.05) is 6.54 Å². The minimum Gasteiger partial charge on any atom is -0.388 e. The van der Waals surface area contributed by atoms with Crippen molar-refractivity contribution < 1.29 is 13.9 Å². The molecule has 2 unspecified atom stereocenters. The standard InChI is InChI=1S/C15H13Cl2F2NO/c16-9-1-2-14(17)12(5-9)15(21)13(7-20)8-3-10(18)6-11(19)4-8/h1-6,13,15,21H,7,20H2. The van der Waals surface area contributed by atoms with Crippen molar-refractivity contribution in [2.45, 2.75) is 12.0 Å². The predicted molar refractivity (Wildman–Crippen MR) is 79.6 cm³/mol. The Balaban J connectivity index is 2.42. The molecule has 21 heavy (non-hydrogen) atoms. The molecule has 0 aliphatic carbocycles. The number of rotatable bonds is 4. The summed E-state index contributed by atoms with van der Waals surface area (Å²) in [6.07, 6.45) is -1.12. The topological polar surface area (TPSA) is 46.2 Å². The van der Waals surface area contributed by atoms with Crippen molar-refractivity contribution in [3.05, 3.63) is 69.2 Å². The van der Waals surface area contributed by atoms with Crippen LogP contribution in [0.15, 0.2) is 36.4 Å². The SMILES string of the molecule is NCC(c1cc(F)cc(F)c1)C(O)c1cc(Cl)ccc1Cl. The quantitative estimate of drug-likeness (QED) is 0.887. The highest BCUT2D eigenvalue weighted by molar-refractivity contribution is 6.33. The average molecular weight is 332 g/mol. The Morgan fingerprint density at radius 3 is 2.24 bits per heavy atom. The molecule has 2 atom stereocenters. The minimum absolute atomic E-state index is 0.00704. The van der Waals surface area contributed by atoms with E-state index in [0.717, 1.165) is 18.2 Å². The van der Waals surface area contributed by atoms with E-state index in [1.807, 2.05) is 0 Å². The molecule has 0 heterocycles. The summed E-state index contributed by atoms with van der Waals surface area (Å²) in [6, 6.07) is 7.68. The molecule has 0 aromatic heterocycles. The number of halogens is 4. The summed E-state index contributed by atoms with van der Waals surface area (Å²) in [5, 5.41) is 11.2. The van der Waals surface area contributed by atoms with Crippen molar-refractivity contribution in [3.8, 4) is 0 Å². The van der Waals surface area contributed by atoms with Gasteiger partial charge in [0.25, 0.3) is 0 Å². The molecule has 2 rings (SSSR count). The van der Waals surface area contributed by atoms with E-state index in [4.69, 9.17) is 28.9 Å². The molecule has 6 heteroatoms. The minimum atomic E-state index is -1.12. The Morgan fingerprint density at radius 1 is 1.05 bits per heavy atom. The molecule has 0 spiro atoms. The summed E-state index contributed by atoms with van der Waals surface area (Å²) < 4.78 is 26.6. The van der Waals surface area contributed by atoms with Crippen LogP contribution in [0.4, 0.5) is 8.78 Å². The smallest absolute Gasteiger partial charge is 0.126 e. The molecule has 112 valence electrons. The molecular weight excluding hydrogens is 319 g/mol. The van der Waals surface area contributed by atoms with Crippen LogP contribution in [-0.4, -0.2) is 11.7 Å².